The van der Waals surface area contributed by atoms with Crippen LogP contribution in [0.3, 0.4) is 0 Å². The van der Waals surface area contributed by atoms with E-state index in [9.17, 15) is 18.0 Å². The lowest BCUT2D eigenvalue weighted by atomic mass is 10.1. The molecule has 0 aliphatic heterocycles. The van der Waals surface area contributed by atoms with Gasteiger partial charge in [-0.2, -0.15) is 0 Å². The van der Waals surface area contributed by atoms with Gasteiger partial charge in [-0.3, -0.25) is 13.9 Å². The van der Waals surface area contributed by atoms with Crippen LogP contribution in [0.15, 0.2) is 71.6 Å². The summed E-state index contributed by atoms with van der Waals surface area (Å²) in [5.74, 6) is -1.00. The molecule has 7 nitrogen and oxygen atoms in total. The predicted molar refractivity (Wildman–Crippen MR) is 162 cm³/mol. The Bertz CT molecular complexity index is 1430. The van der Waals surface area contributed by atoms with Crippen LogP contribution < -0.4 is 9.62 Å². The van der Waals surface area contributed by atoms with E-state index in [1.165, 1.54) is 29.2 Å². The summed E-state index contributed by atoms with van der Waals surface area (Å²) >= 11 is 18.9. The number of sulfonamides is 1. The number of carbonyl (C=O) groups excluding carboxylic acids is 2. The largest absolute Gasteiger partial charge is 0.352 e. The number of anilines is 1. The van der Waals surface area contributed by atoms with Gasteiger partial charge in [0.15, 0.2) is 0 Å². The first kappa shape index (κ1) is 31.7. The molecule has 0 spiro atoms. The molecule has 0 unspecified atom stereocenters. The van der Waals surface area contributed by atoms with Gasteiger partial charge in [-0.1, -0.05) is 65.5 Å². The van der Waals surface area contributed by atoms with E-state index < -0.39 is 28.5 Å². The number of nitrogens with one attached hydrogen (secondary N) is 1. The van der Waals surface area contributed by atoms with Gasteiger partial charge >= 0.3 is 0 Å². The average Bonchev–Trinajstić information content (AvgIpc) is 2.91. The van der Waals surface area contributed by atoms with E-state index in [1.807, 2.05) is 20.8 Å². The second kappa shape index (κ2) is 13.7. The fourth-order valence-corrected chi connectivity index (χ4v) is 5.93. The number of hydrogen-bond donors (Lipinski definition) is 1. The molecule has 0 aliphatic carbocycles. The Morgan fingerprint density at radius 2 is 1.48 bits per heavy atom. The molecule has 0 aromatic heterocycles. The zero-order valence-corrected chi connectivity index (χ0v) is 25.8. The third-order valence-corrected chi connectivity index (χ3v) is 9.31. The summed E-state index contributed by atoms with van der Waals surface area (Å²) in [6.45, 7) is 6.54. The van der Waals surface area contributed by atoms with E-state index in [4.69, 9.17) is 34.8 Å². The average molecular weight is 625 g/mol. The van der Waals surface area contributed by atoms with Crippen LogP contribution in [0.4, 0.5) is 5.69 Å². The fourth-order valence-electron chi connectivity index (χ4n) is 3.88. The van der Waals surface area contributed by atoms with Crippen LogP contribution >= 0.6 is 34.8 Å². The van der Waals surface area contributed by atoms with Crippen molar-refractivity contribution in [2.75, 3.05) is 10.8 Å². The molecule has 3 aromatic rings. The Kier molecular flexibility index (Phi) is 10.9. The van der Waals surface area contributed by atoms with E-state index in [-0.39, 0.29) is 29.1 Å². The summed E-state index contributed by atoms with van der Waals surface area (Å²) in [6.07, 6.45) is 0.696. The molecule has 214 valence electrons. The van der Waals surface area contributed by atoms with Crippen molar-refractivity contribution < 1.29 is 18.0 Å². The number of hydrogen-bond acceptors (Lipinski definition) is 4. The van der Waals surface area contributed by atoms with E-state index in [2.05, 4.69) is 5.32 Å². The highest BCUT2D eigenvalue weighted by atomic mass is 35.5. The summed E-state index contributed by atoms with van der Waals surface area (Å²) in [7, 11) is -4.18. The minimum atomic E-state index is -4.18. The Labute approximate surface area is 251 Å². The summed E-state index contributed by atoms with van der Waals surface area (Å²) in [5, 5.41) is 3.94. The SMILES string of the molecule is CC[C@@H](C)NC(=O)[C@@H](C)N(Cc1c(Cl)cccc1Cl)C(=O)CN(c1ccc(Cl)cc1)S(=O)(=O)c1ccc(C)cc1. The van der Waals surface area contributed by atoms with Crippen LogP contribution in [-0.4, -0.2) is 43.8 Å². The number of halogens is 3. The third-order valence-electron chi connectivity index (χ3n) is 6.56. The molecule has 2 amide bonds. The Hall–Kier alpha value is -2.78. The Morgan fingerprint density at radius 3 is 2.02 bits per heavy atom. The molecule has 11 heteroatoms. The normalized spacial score (nSPS) is 12.9. The van der Waals surface area contributed by atoms with Crippen LogP contribution in [0, 0.1) is 6.92 Å². The van der Waals surface area contributed by atoms with Gasteiger partial charge in [0.1, 0.15) is 12.6 Å². The van der Waals surface area contributed by atoms with Crippen molar-refractivity contribution in [3.8, 4) is 0 Å². The van der Waals surface area contributed by atoms with Gasteiger partial charge in [0, 0.05) is 33.2 Å². The lowest BCUT2D eigenvalue weighted by Gasteiger charge is -2.32. The topological polar surface area (TPSA) is 86.8 Å². The van der Waals surface area contributed by atoms with Crippen molar-refractivity contribution in [3.05, 3.63) is 92.9 Å². The van der Waals surface area contributed by atoms with Crippen molar-refractivity contribution in [1.82, 2.24) is 10.2 Å². The molecule has 40 heavy (non-hydrogen) atoms. The molecule has 0 heterocycles. The van der Waals surface area contributed by atoms with Gasteiger partial charge in [0.2, 0.25) is 11.8 Å². The third kappa shape index (κ3) is 7.69. The zero-order chi connectivity index (χ0) is 29.6. The Morgan fingerprint density at radius 1 is 0.900 bits per heavy atom. The van der Waals surface area contributed by atoms with E-state index in [0.717, 1.165) is 9.87 Å². The van der Waals surface area contributed by atoms with Crippen molar-refractivity contribution in [3.63, 3.8) is 0 Å². The molecule has 3 rings (SSSR count). The number of rotatable bonds is 11. The first-order valence-electron chi connectivity index (χ1n) is 12.7. The van der Waals surface area contributed by atoms with Crippen molar-refractivity contribution in [2.45, 2.75) is 57.6 Å². The number of amides is 2. The van der Waals surface area contributed by atoms with Crippen molar-refractivity contribution >= 4 is 62.3 Å². The molecule has 0 aliphatic rings. The molecule has 0 saturated carbocycles. The maximum Gasteiger partial charge on any atom is 0.264 e. The van der Waals surface area contributed by atoms with Gasteiger partial charge in [0.05, 0.1) is 10.6 Å². The van der Waals surface area contributed by atoms with Gasteiger partial charge in [-0.05, 0) is 75.7 Å². The van der Waals surface area contributed by atoms with Crippen LogP contribution in [0.1, 0.15) is 38.3 Å². The van der Waals surface area contributed by atoms with Crippen LogP contribution in [0.25, 0.3) is 0 Å². The minimum absolute atomic E-state index is 0.0177. The van der Waals surface area contributed by atoms with Gasteiger partial charge < -0.3 is 10.2 Å². The van der Waals surface area contributed by atoms with E-state index >= 15 is 0 Å². The monoisotopic (exact) mass is 623 g/mol. The summed E-state index contributed by atoms with van der Waals surface area (Å²) < 4.78 is 28.7. The predicted octanol–water partition coefficient (Wildman–Crippen LogP) is 6.48. The minimum Gasteiger partial charge on any atom is -0.352 e. The molecular weight excluding hydrogens is 593 g/mol. The second-order valence-electron chi connectivity index (χ2n) is 9.52. The highest BCUT2D eigenvalue weighted by molar-refractivity contribution is 7.92. The smallest absolute Gasteiger partial charge is 0.264 e. The van der Waals surface area contributed by atoms with Crippen LogP contribution in [-0.2, 0) is 26.2 Å². The lowest BCUT2D eigenvalue weighted by Crippen LogP contribution is -2.52. The Balaban J connectivity index is 2.06. The maximum absolute atomic E-state index is 14.0. The highest BCUT2D eigenvalue weighted by Gasteiger charge is 2.33. The summed E-state index contributed by atoms with van der Waals surface area (Å²) in [6, 6.07) is 16.3. The zero-order valence-electron chi connectivity index (χ0n) is 22.7. The standard InChI is InChI=1S/C29H32Cl3N3O4S/c1-5-20(3)33-29(37)21(4)34(17-25-26(31)7-6-8-27(25)32)28(36)18-35(23-13-11-22(30)12-14-23)40(38,39)24-15-9-19(2)10-16-24/h6-16,20-21H,5,17-18H2,1-4H3,(H,33,37)/t20-,21-/m1/s1. The molecule has 0 saturated heterocycles. The van der Waals surface area contributed by atoms with Crippen LogP contribution in [0.2, 0.25) is 15.1 Å². The number of nitrogens with zero attached hydrogens (tertiary/aromatic N) is 2. The second-order valence-corrected chi connectivity index (χ2v) is 12.6. The molecule has 3 aromatic carbocycles. The highest BCUT2D eigenvalue weighted by Crippen LogP contribution is 2.29. The van der Waals surface area contributed by atoms with Gasteiger partial charge in [0.25, 0.3) is 10.0 Å². The lowest BCUT2D eigenvalue weighted by molar-refractivity contribution is -0.139. The maximum atomic E-state index is 14.0. The first-order chi connectivity index (χ1) is 18.8. The molecule has 0 radical (unpaired) electrons. The van der Waals surface area contributed by atoms with E-state index in [0.29, 0.717) is 27.1 Å². The van der Waals surface area contributed by atoms with Crippen molar-refractivity contribution in [1.29, 1.82) is 0 Å². The molecule has 1 N–H and O–H groups in total. The van der Waals surface area contributed by atoms with Crippen LogP contribution in [0.5, 0.6) is 0 Å². The number of aryl methyl sites for hydroxylation is 1. The van der Waals surface area contributed by atoms with Crippen molar-refractivity contribution in [2.24, 2.45) is 0 Å². The molecule has 2 atom stereocenters. The summed E-state index contributed by atoms with van der Waals surface area (Å²) in [4.78, 5) is 28.4. The molecule has 0 bridgehead atoms. The van der Waals surface area contributed by atoms with E-state index in [1.54, 1.807) is 49.4 Å². The summed E-state index contributed by atoms with van der Waals surface area (Å²) in [5.41, 5.74) is 1.57. The van der Waals surface area contributed by atoms with Gasteiger partial charge in [-0.15, -0.1) is 0 Å². The molecular formula is C29H32Cl3N3O4S. The quantitative estimate of drug-likeness (QED) is 0.265. The number of carbonyl (C=O) groups is 2. The fraction of sp³-hybridized carbons (Fsp3) is 0.310. The first-order valence-corrected chi connectivity index (χ1v) is 15.3. The van der Waals surface area contributed by atoms with Gasteiger partial charge in [-0.25, -0.2) is 8.42 Å². The molecule has 0 fully saturated rings. The number of benzene rings is 3.